The molecule has 3 rings (SSSR count). The van der Waals surface area contributed by atoms with E-state index < -0.39 is 0 Å². The molecule has 24 heavy (non-hydrogen) atoms. The summed E-state index contributed by atoms with van der Waals surface area (Å²) in [5.41, 5.74) is 2.80. The number of carbonyl (C=O) groups excluding carboxylic acids is 1. The highest BCUT2D eigenvalue weighted by atomic mass is 16.5. The van der Waals surface area contributed by atoms with Gasteiger partial charge in [0.25, 0.3) is 0 Å². The number of piperidine rings is 1. The predicted molar refractivity (Wildman–Crippen MR) is 88.2 cm³/mol. The van der Waals surface area contributed by atoms with Crippen LogP contribution >= 0.6 is 0 Å². The summed E-state index contributed by atoms with van der Waals surface area (Å²) in [6.45, 7) is 3.12. The minimum Gasteiger partial charge on any atom is -0.378 e. The van der Waals surface area contributed by atoms with E-state index in [4.69, 9.17) is 4.74 Å². The van der Waals surface area contributed by atoms with Crippen LogP contribution in [-0.2, 0) is 29.2 Å². The minimum atomic E-state index is -0.0633. The van der Waals surface area contributed by atoms with Crippen LogP contribution in [0.5, 0.6) is 0 Å². The molecule has 0 spiro atoms. The molecule has 2 aromatic rings. The molecule has 2 aromatic heterocycles. The number of nitrogens with zero attached hydrogens (tertiary/aromatic N) is 3. The highest BCUT2D eigenvalue weighted by Crippen LogP contribution is 2.22. The molecular formula is C16H24N6O2. The molecule has 0 radical (unpaired) electrons. The third-order valence-electron chi connectivity index (χ3n) is 4.21. The fraction of sp³-hybridized carbons (Fsp3) is 0.562. The molecule has 0 aliphatic carbocycles. The summed E-state index contributed by atoms with van der Waals surface area (Å²) in [6.07, 6.45) is 4.06. The van der Waals surface area contributed by atoms with E-state index in [1.54, 1.807) is 18.0 Å². The van der Waals surface area contributed by atoms with Crippen LogP contribution in [0.4, 0.5) is 0 Å². The maximum atomic E-state index is 12.2. The molecule has 0 bridgehead atoms. The van der Waals surface area contributed by atoms with Crippen molar-refractivity contribution in [2.45, 2.75) is 38.5 Å². The van der Waals surface area contributed by atoms with Crippen LogP contribution in [0.25, 0.3) is 0 Å². The smallest absolute Gasteiger partial charge is 0.242 e. The molecule has 1 aliphatic heterocycles. The summed E-state index contributed by atoms with van der Waals surface area (Å²) >= 11 is 0. The van der Waals surface area contributed by atoms with Crippen molar-refractivity contribution >= 4 is 5.91 Å². The van der Waals surface area contributed by atoms with Crippen LogP contribution in [0, 0.1) is 0 Å². The van der Waals surface area contributed by atoms with Gasteiger partial charge in [0.2, 0.25) is 5.91 Å². The number of aromatic nitrogens is 4. The number of rotatable bonds is 7. The van der Waals surface area contributed by atoms with E-state index in [-0.39, 0.29) is 12.5 Å². The summed E-state index contributed by atoms with van der Waals surface area (Å²) in [5.74, 6) is 0.366. The lowest BCUT2D eigenvalue weighted by Crippen LogP contribution is -2.32. The van der Waals surface area contributed by atoms with E-state index in [9.17, 15) is 4.79 Å². The first-order valence-corrected chi connectivity index (χ1v) is 8.27. The number of hydrogen-bond acceptors (Lipinski definition) is 5. The van der Waals surface area contributed by atoms with Gasteiger partial charge in [-0.05, 0) is 31.5 Å². The first-order chi connectivity index (χ1) is 11.8. The van der Waals surface area contributed by atoms with E-state index in [1.165, 1.54) is 0 Å². The molecule has 1 unspecified atom stereocenters. The number of carbonyl (C=O) groups is 1. The van der Waals surface area contributed by atoms with Gasteiger partial charge < -0.3 is 15.4 Å². The number of methoxy groups -OCH3 is 1. The van der Waals surface area contributed by atoms with Gasteiger partial charge >= 0.3 is 0 Å². The Morgan fingerprint density at radius 2 is 2.46 bits per heavy atom. The monoisotopic (exact) mass is 332 g/mol. The van der Waals surface area contributed by atoms with Crippen LogP contribution < -0.4 is 10.6 Å². The van der Waals surface area contributed by atoms with Gasteiger partial charge in [0, 0.05) is 31.5 Å². The lowest BCUT2D eigenvalue weighted by atomic mass is 9.96. The van der Waals surface area contributed by atoms with E-state index >= 15 is 0 Å². The molecule has 1 aliphatic rings. The Morgan fingerprint density at radius 3 is 3.25 bits per heavy atom. The second-order valence-electron chi connectivity index (χ2n) is 6.05. The number of nitrogens with one attached hydrogen (secondary N) is 3. The lowest BCUT2D eigenvalue weighted by molar-refractivity contribution is -0.122. The quantitative estimate of drug-likeness (QED) is 0.687. The Kier molecular flexibility index (Phi) is 5.60. The highest BCUT2D eigenvalue weighted by molar-refractivity contribution is 5.75. The van der Waals surface area contributed by atoms with Crippen molar-refractivity contribution in [2.24, 2.45) is 0 Å². The van der Waals surface area contributed by atoms with Crippen molar-refractivity contribution in [2.75, 3.05) is 20.2 Å². The molecule has 0 saturated carbocycles. The molecule has 3 heterocycles. The number of amides is 1. The number of ether oxygens (including phenoxy) is 1. The van der Waals surface area contributed by atoms with Gasteiger partial charge in [-0.3, -0.25) is 14.6 Å². The third-order valence-corrected chi connectivity index (χ3v) is 4.21. The molecule has 3 N–H and O–H groups in total. The first-order valence-electron chi connectivity index (χ1n) is 8.27. The van der Waals surface area contributed by atoms with E-state index in [0.717, 1.165) is 43.0 Å². The summed E-state index contributed by atoms with van der Waals surface area (Å²) in [5, 5.41) is 17.6. The molecule has 1 amide bonds. The predicted octanol–water partition coefficient (Wildman–Crippen LogP) is 0.536. The van der Waals surface area contributed by atoms with Crippen LogP contribution in [0.3, 0.4) is 0 Å². The molecule has 130 valence electrons. The Balaban J connectivity index is 1.52. The summed E-state index contributed by atoms with van der Waals surface area (Å²) in [7, 11) is 1.62. The Morgan fingerprint density at radius 1 is 1.54 bits per heavy atom. The van der Waals surface area contributed by atoms with Crippen LogP contribution in [0.2, 0.25) is 0 Å². The number of hydrogen-bond donors (Lipinski definition) is 3. The summed E-state index contributed by atoms with van der Waals surface area (Å²) < 4.78 is 6.82. The minimum absolute atomic E-state index is 0.0633. The molecule has 8 heteroatoms. The van der Waals surface area contributed by atoms with Gasteiger partial charge in [0.15, 0.2) is 0 Å². The maximum Gasteiger partial charge on any atom is 0.242 e. The average Bonchev–Trinajstić information content (AvgIpc) is 3.24. The van der Waals surface area contributed by atoms with Gasteiger partial charge in [-0.15, -0.1) is 0 Å². The molecule has 1 fully saturated rings. The van der Waals surface area contributed by atoms with Gasteiger partial charge in [-0.25, -0.2) is 0 Å². The SMILES string of the molecule is COCc1cc(CNC(=O)Cn2nccc2C2CCCNC2)[nH]n1. The molecule has 1 atom stereocenters. The van der Waals surface area contributed by atoms with Crippen molar-refractivity contribution in [3.05, 3.63) is 35.4 Å². The van der Waals surface area contributed by atoms with Crippen molar-refractivity contribution in [1.82, 2.24) is 30.6 Å². The normalized spacial score (nSPS) is 17.8. The molecule has 1 saturated heterocycles. The molecule has 8 nitrogen and oxygen atoms in total. The first kappa shape index (κ1) is 16.7. The fourth-order valence-corrected chi connectivity index (χ4v) is 3.03. The topological polar surface area (TPSA) is 96.9 Å². The van der Waals surface area contributed by atoms with Gasteiger partial charge in [-0.1, -0.05) is 0 Å². The zero-order chi connectivity index (χ0) is 16.8. The van der Waals surface area contributed by atoms with Gasteiger partial charge in [0.05, 0.1) is 24.5 Å². The fourth-order valence-electron chi connectivity index (χ4n) is 3.03. The summed E-state index contributed by atoms with van der Waals surface area (Å²) in [4.78, 5) is 12.2. The van der Waals surface area contributed by atoms with Crippen molar-refractivity contribution in [3.8, 4) is 0 Å². The second kappa shape index (κ2) is 8.07. The average molecular weight is 332 g/mol. The zero-order valence-corrected chi connectivity index (χ0v) is 13.9. The number of H-pyrrole nitrogens is 1. The van der Waals surface area contributed by atoms with Crippen molar-refractivity contribution < 1.29 is 9.53 Å². The van der Waals surface area contributed by atoms with Crippen molar-refractivity contribution in [1.29, 1.82) is 0 Å². The maximum absolute atomic E-state index is 12.2. The largest absolute Gasteiger partial charge is 0.378 e. The Hall–Kier alpha value is -2.19. The van der Waals surface area contributed by atoms with Gasteiger partial charge in [-0.2, -0.15) is 10.2 Å². The highest BCUT2D eigenvalue weighted by Gasteiger charge is 2.19. The lowest BCUT2D eigenvalue weighted by Gasteiger charge is -2.23. The van der Waals surface area contributed by atoms with Crippen LogP contribution in [0.15, 0.2) is 18.3 Å². The second-order valence-corrected chi connectivity index (χ2v) is 6.05. The van der Waals surface area contributed by atoms with E-state index in [2.05, 4.69) is 25.9 Å². The summed E-state index contributed by atoms with van der Waals surface area (Å²) in [6, 6.07) is 3.90. The van der Waals surface area contributed by atoms with Crippen LogP contribution in [-0.4, -0.2) is 46.1 Å². The third kappa shape index (κ3) is 4.21. The molecule has 0 aromatic carbocycles. The van der Waals surface area contributed by atoms with Gasteiger partial charge in [0.1, 0.15) is 6.54 Å². The van der Waals surface area contributed by atoms with E-state index in [0.29, 0.717) is 19.1 Å². The standard InChI is InChI=1S/C16H24N6O2/c1-24-11-14-7-13(20-21-14)9-18-16(23)10-22-15(4-6-19-22)12-3-2-5-17-8-12/h4,6-7,12,17H,2-3,5,8-11H2,1H3,(H,18,23)(H,20,21). The zero-order valence-electron chi connectivity index (χ0n) is 13.9. The van der Waals surface area contributed by atoms with Crippen LogP contribution in [0.1, 0.15) is 35.8 Å². The Labute approximate surface area is 141 Å². The Bertz CT molecular complexity index is 659. The van der Waals surface area contributed by atoms with E-state index in [1.807, 2.05) is 12.1 Å². The number of aromatic amines is 1. The molecular weight excluding hydrogens is 308 g/mol. The van der Waals surface area contributed by atoms with Crippen molar-refractivity contribution in [3.63, 3.8) is 0 Å².